The highest BCUT2D eigenvalue weighted by molar-refractivity contribution is 9.10. The fraction of sp³-hybridized carbons (Fsp3) is 0.364. The van der Waals surface area contributed by atoms with Crippen LogP contribution >= 0.6 is 39.1 Å². The summed E-state index contributed by atoms with van der Waals surface area (Å²) in [6.45, 7) is 0. The molecular weight excluding hydrogens is 372 g/mol. The van der Waals surface area contributed by atoms with Crippen molar-refractivity contribution < 1.29 is 23.1 Å². The summed E-state index contributed by atoms with van der Waals surface area (Å²) in [4.78, 5) is 10.5. The van der Waals surface area contributed by atoms with Crippen molar-refractivity contribution in [2.24, 2.45) is 0 Å². The monoisotopic (exact) mass is 378 g/mol. The highest BCUT2D eigenvalue weighted by Crippen LogP contribution is 2.35. The molecule has 2 nitrogen and oxygen atoms in total. The van der Waals surface area contributed by atoms with Gasteiger partial charge in [-0.3, -0.25) is 4.79 Å². The third-order valence-corrected chi connectivity index (χ3v) is 3.15. The van der Waals surface area contributed by atoms with Crippen LogP contribution in [-0.4, -0.2) is 15.4 Å². The maximum atomic E-state index is 12.6. The van der Waals surface area contributed by atoms with E-state index in [1.54, 1.807) is 0 Å². The molecule has 0 unspecified atom stereocenters. The summed E-state index contributed by atoms with van der Waals surface area (Å²) in [6.07, 6.45) is -5.26. The fourth-order valence-corrected chi connectivity index (χ4v) is 2.58. The molecule has 1 aromatic carbocycles. The second-order valence-corrected chi connectivity index (χ2v) is 6.51. The topological polar surface area (TPSA) is 37.3 Å². The minimum atomic E-state index is -4.49. The third-order valence-electron chi connectivity index (χ3n) is 2.16. The number of alkyl halides is 5. The maximum absolute atomic E-state index is 12.6. The zero-order valence-electron chi connectivity index (χ0n) is 9.27. The van der Waals surface area contributed by atoms with E-state index in [1.807, 2.05) is 0 Å². The van der Waals surface area contributed by atoms with Crippen LogP contribution in [0, 0.1) is 0 Å². The Labute approximate surface area is 125 Å². The van der Waals surface area contributed by atoms with Gasteiger partial charge in [0.25, 0.3) is 0 Å². The summed E-state index contributed by atoms with van der Waals surface area (Å²) in [6, 6.07) is 3.23. The normalized spacial score (nSPS) is 12.5. The van der Waals surface area contributed by atoms with Crippen LogP contribution in [-0.2, 0) is 17.4 Å². The number of rotatable bonds is 4. The number of halogens is 6. The zero-order chi connectivity index (χ0) is 14.8. The molecule has 0 aliphatic rings. The molecule has 106 valence electrons. The molecule has 0 spiro atoms. The number of carboxylic acids is 1. The number of aliphatic carboxylic acids is 1. The van der Waals surface area contributed by atoms with E-state index < -0.39 is 28.5 Å². The summed E-state index contributed by atoms with van der Waals surface area (Å²) in [7, 11) is 0. The number of benzene rings is 1. The van der Waals surface area contributed by atoms with E-state index in [1.165, 1.54) is 6.07 Å². The molecular formula is C11H8BrCl2F3O2. The minimum absolute atomic E-state index is 0.202. The third kappa shape index (κ3) is 5.58. The van der Waals surface area contributed by atoms with Gasteiger partial charge in [0.2, 0.25) is 0 Å². The molecule has 1 aromatic rings. The maximum Gasteiger partial charge on any atom is 0.416 e. The van der Waals surface area contributed by atoms with E-state index in [2.05, 4.69) is 15.9 Å². The Bertz CT molecular complexity index is 489. The largest absolute Gasteiger partial charge is 0.481 e. The molecule has 1 rings (SSSR count). The highest BCUT2D eigenvalue weighted by atomic mass is 79.9. The number of carbonyl (C=O) groups is 1. The molecule has 0 bridgehead atoms. The molecule has 8 heteroatoms. The summed E-state index contributed by atoms with van der Waals surface area (Å²) in [5.74, 6) is -1.23. The van der Waals surface area contributed by atoms with Crippen LogP contribution in [0.15, 0.2) is 22.7 Å². The lowest BCUT2D eigenvalue weighted by Gasteiger charge is -2.18. The molecule has 0 aliphatic carbocycles. The quantitative estimate of drug-likeness (QED) is 0.772. The van der Waals surface area contributed by atoms with Gasteiger partial charge < -0.3 is 5.11 Å². The van der Waals surface area contributed by atoms with Gasteiger partial charge >= 0.3 is 12.1 Å². The first-order valence-corrected chi connectivity index (χ1v) is 6.51. The van der Waals surface area contributed by atoms with Crippen molar-refractivity contribution in [3.8, 4) is 0 Å². The number of hydrogen-bond acceptors (Lipinski definition) is 1. The van der Waals surface area contributed by atoms with E-state index in [0.717, 1.165) is 12.1 Å². The molecule has 19 heavy (non-hydrogen) atoms. The van der Waals surface area contributed by atoms with Gasteiger partial charge in [-0.05, 0) is 23.8 Å². The standard InChI is InChI=1S/C11H8BrCl2F3O2/c12-8-2-6(1-7(3-8)11(15,16)17)4-10(13,14)5-9(18)19/h1-3H,4-5H2,(H,18,19). The predicted molar refractivity (Wildman–Crippen MR) is 69.5 cm³/mol. The highest BCUT2D eigenvalue weighted by Gasteiger charge is 2.33. The van der Waals surface area contributed by atoms with E-state index >= 15 is 0 Å². The lowest BCUT2D eigenvalue weighted by molar-refractivity contribution is -0.138. The first kappa shape index (κ1) is 16.6. The van der Waals surface area contributed by atoms with Gasteiger partial charge in [-0.15, -0.1) is 23.2 Å². The lowest BCUT2D eigenvalue weighted by Crippen LogP contribution is -2.21. The Balaban J connectivity index is 3.02. The van der Waals surface area contributed by atoms with Crippen LogP contribution in [0.3, 0.4) is 0 Å². The van der Waals surface area contributed by atoms with Crippen molar-refractivity contribution in [3.05, 3.63) is 33.8 Å². The molecule has 0 saturated heterocycles. The minimum Gasteiger partial charge on any atom is -0.481 e. The van der Waals surface area contributed by atoms with Gasteiger partial charge in [0, 0.05) is 10.9 Å². The molecule has 0 radical (unpaired) electrons. The van der Waals surface area contributed by atoms with E-state index in [4.69, 9.17) is 28.3 Å². The van der Waals surface area contributed by atoms with Gasteiger partial charge in [0.15, 0.2) is 0 Å². The molecule has 0 aromatic heterocycles. The van der Waals surface area contributed by atoms with Gasteiger partial charge in [-0.25, -0.2) is 0 Å². The van der Waals surface area contributed by atoms with Crippen LogP contribution in [0.4, 0.5) is 13.2 Å². The van der Waals surface area contributed by atoms with Crippen LogP contribution in [0.5, 0.6) is 0 Å². The summed E-state index contributed by atoms with van der Waals surface area (Å²) in [5.41, 5.74) is -0.649. The zero-order valence-corrected chi connectivity index (χ0v) is 12.4. The summed E-state index contributed by atoms with van der Waals surface area (Å²) >= 11 is 14.5. The van der Waals surface area contributed by atoms with Gasteiger partial charge in [-0.2, -0.15) is 13.2 Å². The molecule has 0 amide bonds. The molecule has 0 heterocycles. The Kier molecular flexibility index (Phi) is 5.15. The second kappa shape index (κ2) is 5.89. The van der Waals surface area contributed by atoms with Crippen molar-refractivity contribution in [3.63, 3.8) is 0 Å². The van der Waals surface area contributed by atoms with Gasteiger partial charge in [0.05, 0.1) is 12.0 Å². The lowest BCUT2D eigenvalue weighted by atomic mass is 10.0. The van der Waals surface area contributed by atoms with E-state index in [9.17, 15) is 18.0 Å². The van der Waals surface area contributed by atoms with Gasteiger partial charge in [-0.1, -0.05) is 15.9 Å². The molecule has 0 atom stereocenters. The Hall–Kier alpha value is -0.460. The first-order valence-electron chi connectivity index (χ1n) is 4.96. The van der Waals surface area contributed by atoms with Crippen molar-refractivity contribution in [2.45, 2.75) is 23.4 Å². The molecule has 0 aliphatic heterocycles. The second-order valence-electron chi connectivity index (χ2n) is 3.95. The van der Waals surface area contributed by atoms with Crippen molar-refractivity contribution >= 4 is 45.1 Å². The average Bonchev–Trinajstić information content (AvgIpc) is 2.11. The van der Waals surface area contributed by atoms with Crippen LogP contribution in [0.1, 0.15) is 17.5 Å². The fourth-order valence-electron chi connectivity index (χ4n) is 1.50. The Morgan fingerprint density at radius 2 is 1.84 bits per heavy atom. The summed E-state index contributed by atoms with van der Waals surface area (Å²) < 4.78 is 36.4. The molecule has 0 fully saturated rings. The number of carboxylic acid groups (broad SMARTS) is 1. The van der Waals surface area contributed by atoms with Crippen molar-refractivity contribution in [2.75, 3.05) is 0 Å². The van der Waals surface area contributed by atoms with Crippen LogP contribution in [0.2, 0.25) is 0 Å². The summed E-state index contributed by atoms with van der Waals surface area (Å²) in [5, 5.41) is 8.61. The first-order chi connectivity index (χ1) is 8.49. The Morgan fingerprint density at radius 1 is 1.26 bits per heavy atom. The molecule has 0 saturated carbocycles. The smallest absolute Gasteiger partial charge is 0.416 e. The van der Waals surface area contributed by atoms with E-state index in [0.29, 0.717) is 0 Å². The van der Waals surface area contributed by atoms with Crippen LogP contribution in [0.25, 0.3) is 0 Å². The average molecular weight is 380 g/mol. The van der Waals surface area contributed by atoms with Gasteiger partial charge in [0.1, 0.15) is 4.33 Å². The van der Waals surface area contributed by atoms with Crippen molar-refractivity contribution in [1.29, 1.82) is 0 Å². The van der Waals surface area contributed by atoms with E-state index in [-0.39, 0.29) is 16.5 Å². The molecule has 1 N–H and O–H groups in total. The predicted octanol–water partition coefficient (Wildman–Crippen LogP) is 4.66. The Morgan fingerprint density at radius 3 is 2.32 bits per heavy atom. The number of hydrogen-bond donors (Lipinski definition) is 1. The van der Waals surface area contributed by atoms with Crippen LogP contribution < -0.4 is 0 Å². The SMILES string of the molecule is O=C(O)CC(Cl)(Cl)Cc1cc(Br)cc(C(F)(F)F)c1. The van der Waals surface area contributed by atoms with Crippen molar-refractivity contribution in [1.82, 2.24) is 0 Å².